The molecule has 1 unspecified atom stereocenters. The minimum atomic E-state index is -1.10. The lowest BCUT2D eigenvalue weighted by Gasteiger charge is -2.27. The first-order valence-electron chi connectivity index (χ1n) is 6.33. The predicted molar refractivity (Wildman–Crippen MR) is 67.8 cm³/mol. The Morgan fingerprint density at radius 3 is 2.58 bits per heavy atom. The fourth-order valence-corrected chi connectivity index (χ4v) is 2.09. The van der Waals surface area contributed by atoms with E-state index in [0.717, 1.165) is 4.90 Å². The maximum atomic E-state index is 12.1. The number of likely N-dealkylation sites (tertiary alicyclic amines) is 1. The van der Waals surface area contributed by atoms with Crippen molar-refractivity contribution in [1.82, 2.24) is 10.2 Å². The number of carbonyl (C=O) groups excluding carboxylic acids is 1. The van der Waals surface area contributed by atoms with Gasteiger partial charge in [-0.25, -0.2) is 9.59 Å². The molecule has 0 aromatic rings. The summed E-state index contributed by atoms with van der Waals surface area (Å²) in [7, 11) is 1.54. The molecule has 1 heterocycles. The number of hydrogen-bond donors (Lipinski definition) is 3. The third kappa shape index (κ3) is 4.07. The number of aliphatic carboxylic acids is 1. The summed E-state index contributed by atoms with van der Waals surface area (Å²) in [4.78, 5) is 24.3. The van der Waals surface area contributed by atoms with Gasteiger partial charge in [0.25, 0.3) is 0 Å². The Hall–Kier alpha value is -1.34. The number of amides is 2. The Kier molecular flexibility index (Phi) is 5.56. The number of ether oxygens (including phenoxy) is 1. The molecule has 0 aliphatic carbocycles. The maximum absolute atomic E-state index is 12.1. The molecule has 7 nitrogen and oxygen atoms in total. The van der Waals surface area contributed by atoms with Crippen LogP contribution in [0.3, 0.4) is 0 Å². The van der Waals surface area contributed by atoms with E-state index < -0.39 is 24.1 Å². The summed E-state index contributed by atoms with van der Waals surface area (Å²) in [6.07, 6.45) is -0.717. The van der Waals surface area contributed by atoms with Crippen LogP contribution in [-0.4, -0.2) is 65.6 Å². The van der Waals surface area contributed by atoms with Crippen LogP contribution >= 0.6 is 0 Å². The zero-order chi connectivity index (χ0) is 14.6. The van der Waals surface area contributed by atoms with E-state index in [1.807, 2.05) is 13.8 Å². The molecule has 0 radical (unpaired) electrons. The SMILES string of the molecule is COCC(NC(=O)N1C[C@@H](O)C[C@H]1C(=O)O)C(C)C. The van der Waals surface area contributed by atoms with Crippen LogP contribution in [0.5, 0.6) is 0 Å². The van der Waals surface area contributed by atoms with Gasteiger partial charge >= 0.3 is 12.0 Å². The molecule has 19 heavy (non-hydrogen) atoms. The first kappa shape index (κ1) is 15.7. The second kappa shape index (κ2) is 6.72. The fourth-order valence-electron chi connectivity index (χ4n) is 2.09. The summed E-state index contributed by atoms with van der Waals surface area (Å²) >= 11 is 0. The molecule has 0 aromatic carbocycles. The standard InChI is InChI=1S/C12H22N2O5/c1-7(2)9(6-19-3)13-12(18)14-5-8(15)4-10(14)11(16)17/h7-10,15H,4-6H2,1-3H3,(H,13,18)(H,16,17)/t8-,9?,10-/m0/s1. The van der Waals surface area contributed by atoms with Gasteiger partial charge in [0.15, 0.2) is 0 Å². The van der Waals surface area contributed by atoms with Gasteiger partial charge in [0.05, 0.1) is 18.8 Å². The summed E-state index contributed by atoms with van der Waals surface area (Å²) < 4.78 is 5.03. The number of carboxylic acids is 1. The summed E-state index contributed by atoms with van der Waals surface area (Å²) in [5, 5.41) is 21.3. The van der Waals surface area contributed by atoms with Crippen molar-refractivity contribution >= 4 is 12.0 Å². The highest BCUT2D eigenvalue weighted by Gasteiger charge is 2.39. The van der Waals surface area contributed by atoms with Crippen LogP contribution in [0.25, 0.3) is 0 Å². The van der Waals surface area contributed by atoms with Crippen LogP contribution in [0.1, 0.15) is 20.3 Å². The van der Waals surface area contributed by atoms with Crippen molar-refractivity contribution in [2.24, 2.45) is 5.92 Å². The predicted octanol–water partition coefficient (Wildman–Crippen LogP) is -0.113. The van der Waals surface area contributed by atoms with Crippen molar-refractivity contribution in [3.63, 3.8) is 0 Å². The van der Waals surface area contributed by atoms with E-state index in [2.05, 4.69) is 5.32 Å². The zero-order valence-corrected chi connectivity index (χ0v) is 11.5. The van der Waals surface area contributed by atoms with Crippen LogP contribution in [0.4, 0.5) is 4.79 Å². The first-order chi connectivity index (χ1) is 8.86. The number of carbonyl (C=O) groups is 2. The quantitative estimate of drug-likeness (QED) is 0.649. The van der Waals surface area contributed by atoms with Gasteiger partial charge in [-0.05, 0) is 5.92 Å². The van der Waals surface area contributed by atoms with Gasteiger partial charge in [0, 0.05) is 20.1 Å². The lowest BCUT2D eigenvalue weighted by molar-refractivity contribution is -0.141. The number of aliphatic hydroxyl groups excluding tert-OH is 1. The van der Waals surface area contributed by atoms with Crippen molar-refractivity contribution in [1.29, 1.82) is 0 Å². The number of nitrogens with zero attached hydrogens (tertiary/aromatic N) is 1. The van der Waals surface area contributed by atoms with Crippen LogP contribution in [0, 0.1) is 5.92 Å². The van der Waals surface area contributed by atoms with E-state index in [9.17, 15) is 14.7 Å². The highest BCUT2D eigenvalue weighted by Crippen LogP contribution is 2.18. The molecule has 110 valence electrons. The number of methoxy groups -OCH3 is 1. The minimum absolute atomic E-state index is 0.0423. The Labute approximate surface area is 112 Å². The van der Waals surface area contributed by atoms with E-state index in [1.165, 1.54) is 0 Å². The van der Waals surface area contributed by atoms with E-state index in [-0.39, 0.29) is 24.9 Å². The van der Waals surface area contributed by atoms with Crippen molar-refractivity contribution in [2.45, 2.75) is 38.5 Å². The molecular weight excluding hydrogens is 252 g/mol. The molecule has 0 spiro atoms. The number of urea groups is 1. The number of β-amino-alcohol motifs (C(OH)–C–C–N with tert-alkyl or cyclic N) is 1. The minimum Gasteiger partial charge on any atom is -0.480 e. The van der Waals surface area contributed by atoms with Gasteiger partial charge in [0.1, 0.15) is 6.04 Å². The van der Waals surface area contributed by atoms with Gasteiger partial charge in [-0.1, -0.05) is 13.8 Å². The van der Waals surface area contributed by atoms with Gasteiger partial charge in [-0.3, -0.25) is 0 Å². The molecule has 0 bridgehead atoms. The number of hydrogen-bond acceptors (Lipinski definition) is 4. The second-order valence-electron chi connectivity index (χ2n) is 5.15. The lowest BCUT2D eigenvalue weighted by atomic mass is 10.1. The van der Waals surface area contributed by atoms with E-state index >= 15 is 0 Å². The number of carboxylic acid groups (broad SMARTS) is 1. The van der Waals surface area contributed by atoms with Crippen molar-refractivity contribution in [3.05, 3.63) is 0 Å². The fraction of sp³-hybridized carbons (Fsp3) is 0.833. The summed E-state index contributed by atoms with van der Waals surface area (Å²) in [6.45, 7) is 4.28. The topological polar surface area (TPSA) is 99.1 Å². The molecule has 1 saturated heterocycles. The molecule has 1 rings (SSSR count). The first-order valence-corrected chi connectivity index (χ1v) is 6.33. The lowest BCUT2D eigenvalue weighted by Crippen LogP contribution is -2.51. The second-order valence-corrected chi connectivity index (χ2v) is 5.15. The smallest absolute Gasteiger partial charge is 0.326 e. The van der Waals surface area contributed by atoms with Crippen molar-refractivity contribution in [2.75, 3.05) is 20.3 Å². The average Bonchev–Trinajstić information content (AvgIpc) is 2.70. The van der Waals surface area contributed by atoms with E-state index in [4.69, 9.17) is 9.84 Å². The Morgan fingerprint density at radius 2 is 2.11 bits per heavy atom. The van der Waals surface area contributed by atoms with Crippen molar-refractivity contribution < 1.29 is 24.5 Å². The van der Waals surface area contributed by atoms with Crippen LogP contribution < -0.4 is 5.32 Å². The summed E-state index contributed by atoms with van der Waals surface area (Å²) in [6, 6.07) is -1.63. The van der Waals surface area contributed by atoms with E-state index in [0.29, 0.717) is 6.61 Å². The third-order valence-corrected chi connectivity index (χ3v) is 3.28. The van der Waals surface area contributed by atoms with Gasteiger partial charge < -0.3 is 25.2 Å². The number of aliphatic hydroxyl groups is 1. The third-order valence-electron chi connectivity index (χ3n) is 3.28. The average molecular weight is 274 g/mol. The molecule has 3 atom stereocenters. The zero-order valence-electron chi connectivity index (χ0n) is 11.5. The molecule has 2 amide bonds. The van der Waals surface area contributed by atoms with Gasteiger partial charge in [-0.2, -0.15) is 0 Å². The van der Waals surface area contributed by atoms with Crippen LogP contribution in [0.15, 0.2) is 0 Å². The monoisotopic (exact) mass is 274 g/mol. The molecule has 3 N–H and O–H groups in total. The van der Waals surface area contributed by atoms with Crippen molar-refractivity contribution in [3.8, 4) is 0 Å². The highest BCUT2D eigenvalue weighted by molar-refractivity contribution is 5.83. The maximum Gasteiger partial charge on any atom is 0.326 e. The van der Waals surface area contributed by atoms with E-state index in [1.54, 1.807) is 7.11 Å². The molecule has 1 aliphatic heterocycles. The molecule has 7 heteroatoms. The Balaban J connectivity index is 2.67. The summed E-state index contributed by atoms with van der Waals surface area (Å²) in [5.74, 6) is -0.931. The highest BCUT2D eigenvalue weighted by atomic mass is 16.5. The number of nitrogens with one attached hydrogen (secondary N) is 1. The normalized spacial score (nSPS) is 24.6. The molecular formula is C12H22N2O5. The molecule has 0 saturated carbocycles. The van der Waals surface area contributed by atoms with Gasteiger partial charge in [-0.15, -0.1) is 0 Å². The summed E-state index contributed by atoms with van der Waals surface area (Å²) in [5.41, 5.74) is 0. The number of rotatable bonds is 5. The van der Waals surface area contributed by atoms with Crippen LogP contribution in [0.2, 0.25) is 0 Å². The molecule has 0 aromatic heterocycles. The molecule has 1 fully saturated rings. The largest absolute Gasteiger partial charge is 0.480 e. The van der Waals surface area contributed by atoms with Crippen LogP contribution in [-0.2, 0) is 9.53 Å². The van der Waals surface area contributed by atoms with Gasteiger partial charge in [0.2, 0.25) is 0 Å². The Bertz CT molecular complexity index is 334. The molecule has 1 aliphatic rings. The Morgan fingerprint density at radius 1 is 1.47 bits per heavy atom.